The van der Waals surface area contributed by atoms with Gasteiger partial charge in [0.2, 0.25) is 0 Å². The van der Waals surface area contributed by atoms with E-state index in [0.29, 0.717) is 5.92 Å². The second-order valence-corrected chi connectivity index (χ2v) is 6.48. The van der Waals surface area contributed by atoms with E-state index in [4.69, 9.17) is 0 Å². The lowest BCUT2D eigenvalue weighted by atomic mass is 10.0. The maximum atomic E-state index is 2.38. The fourth-order valence-corrected chi connectivity index (χ4v) is 3.20. The number of thiophene rings is 1. The van der Waals surface area contributed by atoms with Crippen LogP contribution in [0.15, 0.2) is 24.3 Å². The van der Waals surface area contributed by atoms with Crippen molar-refractivity contribution in [2.24, 2.45) is 0 Å². The molecule has 0 bridgehead atoms. The molecule has 1 aromatic carbocycles. The van der Waals surface area contributed by atoms with Crippen molar-refractivity contribution in [3.63, 3.8) is 0 Å². The highest BCUT2D eigenvalue weighted by Crippen LogP contribution is 2.29. The van der Waals surface area contributed by atoms with Crippen molar-refractivity contribution < 1.29 is 0 Å². The minimum absolute atomic E-state index is 0.627. The fraction of sp³-hybridized carbons (Fsp3) is 0.273. The summed E-state index contributed by atoms with van der Waals surface area (Å²) in [6, 6.07) is 9.03. The van der Waals surface area contributed by atoms with Crippen molar-refractivity contribution >= 4 is 44.0 Å². The van der Waals surface area contributed by atoms with Gasteiger partial charge < -0.3 is 0 Å². The Hall–Kier alpha value is -0.0900. The second kappa shape index (κ2) is 3.58. The molecule has 13 heavy (non-hydrogen) atoms. The zero-order valence-electron chi connectivity index (χ0n) is 7.67. The summed E-state index contributed by atoms with van der Waals surface area (Å²) < 4.78 is 2.77. The molecule has 0 saturated heterocycles. The van der Waals surface area contributed by atoms with Gasteiger partial charge in [0.1, 0.15) is 0 Å². The molecule has 2 aromatic rings. The van der Waals surface area contributed by atoms with Crippen LogP contribution in [0.25, 0.3) is 10.1 Å². The molecule has 1 aromatic heterocycles. The van der Waals surface area contributed by atoms with Gasteiger partial charge in [0, 0.05) is 4.70 Å². The van der Waals surface area contributed by atoms with Gasteiger partial charge in [0.05, 0.1) is 2.88 Å². The van der Waals surface area contributed by atoms with Crippen LogP contribution in [0.1, 0.15) is 25.3 Å². The van der Waals surface area contributed by atoms with Crippen LogP contribution in [0.4, 0.5) is 0 Å². The Morgan fingerprint density at radius 1 is 1.23 bits per heavy atom. The quantitative estimate of drug-likeness (QED) is 0.674. The summed E-state index contributed by atoms with van der Waals surface area (Å²) in [4.78, 5) is 0. The lowest BCUT2D eigenvalue weighted by molar-refractivity contribution is 0.869. The molecule has 0 saturated carbocycles. The minimum atomic E-state index is 0.627. The van der Waals surface area contributed by atoms with Crippen LogP contribution in [0.3, 0.4) is 0 Å². The van der Waals surface area contributed by atoms with Gasteiger partial charge in [-0.05, 0) is 51.6 Å². The van der Waals surface area contributed by atoms with E-state index < -0.39 is 0 Å². The third kappa shape index (κ3) is 1.89. The summed E-state index contributed by atoms with van der Waals surface area (Å²) >= 11 is 4.24. The average molecular weight is 302 g/mol. The van der Waals surface area contributed by atoms with Crippen molar-refractivity contribution in [2.75, 3.05) is 0 Å². The zero-order chi connectivity index (χ0) is 9.42. The molecular weight excluding hydrogens is 291 g/mol. The van der Waals surface area contributed by atoms with Crippen LogP contribution in [0.2, 0.25) is 0 Å². The van der Waals surface area contributed by atoms with E-state index in [2.05, 4.69) is 60.7 Å². The summed E-state index contributed by atoms with van der Waals surface area (Å²) in [5.74, 6) is 0.627. The van der Waals surface area contributed by atoms with Crippen LogP contribution in [0, 0.1) is 2.88 Å². The summed E-state index contributed by atoms with van der Waals surface area (Å²) in [5.41, 5.74) is 1.43. The first-order chi connectivity index (χ1) is 6.16. The number of rotatable bonds is 1. The molecule has 68 valence electrons. The number of hydrogen-bond donors (Lipinski definition) is 0. The molecule has 0 aliphatic rings. The lowest BCUT2D eigenvalue weighted by Crippen LogP contribution is -1.84. The van der Waals surface area contributed by atoms with Crippen molar-refractivity contribution in [3.8, 4) is 0 Å². The van der Waals surface area contributed by atoms with Crippen LogP contribution in [-0.4, -0.2) is 0 Å². The van der Waals surface area contributed by atoms with E-state index in [0.717, 1.165) is 0 Å². The number of fused-ring (bicyclic) bond motifs is 1. The summed E-state index contributed by atoms with van der Waals surface area (Å²) in [7, 11) is 0. The van der Waals surface area contributed by atoms with Gasteiger partial charge >= 0.3 is 0 Å². The zero-order valence-corrected chi connectivity index (χ0v) is 10.6. The highest BCUT2D eigenvalue weighted by molar-refractivity contribution is 14.1. The summed E-state index contributed by atoms with van der Waals surface area (Å²) in [6.07, 6.45) is 0. The van der Waals surface area contributed by atoms with Crippen LogP contribution in [-0.2, 0) is 0 Å². The molecule has 0 fully saturated rings. The molecule has 0 amide bonds. The molecule has 0 atom stereocenters. The fourth-order valence-electron chi connectivity index (χ4n) is 1.39. The molecule has 0 aliphatic carbocycles. The number of benzene rings is 1. The predicted molar refractivity (Wildman–Crippen MR) is 68.6 cm³/mol. The molecule has 2 heteroatoms. The van der Waals surface area contributed by atoms with E-state index in [1.807, 2.05) is 11.3 Å². The average Bonchev–Trinajstić information content (AvgIpc) is 2.42. The predicted octanol–water partition coefficient (Wildman–Crippen LogP) is 4.63. The lowest BCUT2D eigenvalue weighted by Gasteiger charge is -2.03. The van der Waals surface area contributed by atoms with E-state index in [-0.39, 0.29) is 0 Å². The SMILES string of the molecule is CC(C)c1ccc2sc(I)cc2c1. The van der Waals surface area contributed by atoms with Crippen molar-refractivity contribution in [1.82, 2.24) is 0 Å². The Bertz CT molecular complexity index is 429. The second-order valence-electron chi connectivity index (χ2n) is 3.50. The molecule has 0 nitrogen and oxygen atoms in total. The van der Waals surface area contributed by atoms with E-state index >= 15 is 0 Å². The summed E-state index contributed by atoms with van der Waals surface area (Å²) in [6.45, 7) is 4.47. The Morgan fingerprint density at radius 3 is 2.69 bits per heavy atom. The van der Waals surface area contributed by atoms with Crippen LogP contribution < -0.4 is 0 Å². The van der Waals surface area contributed by atoms with Gasteiger partial charge in [0.25, 0.3) is 0 Å². The maximum Gasteiger partial charge on any atom is 0.0666 e. The first-order valence-corrected chi connectivity index (χ1v) is 6.25. The third-order valence-corrected chi connectivity index (χ3v) is 4.05. The van der Waals surface area contributed by atoms with Gasteiger partial charge in [-0.15, -0.1) is 11.3 Å². The van der Waals surface area contributed by atoms with Crippen LogP contribution >= 0.6 is 33.9 Å². The van der Waals surface area contributed by atoms with E-state index in [1.165, 1.54) is 18.5 Å². The van der Waals surface area contributed by atoms with Gasteiger partial charge in [-0.1, -0.05) is 26.0 Å². The molecule has 0 unspecified atom stereocenters. The van der Waals surface area contributed by atoms with E-state index in [9.17, 15) is 0 Å². The Morgan fingerprint density at radius 2 is 2.00 bits per heavy atom. The molecule has 1 heterocycles. The van der Waals surface area contributed by atoms with Gasteiger partial charge in [-0.2, -0.15) is 0 Å². The third-order valence-electron chi connectivity index (χ3n) is 2.18. The molecule has 0 aliphatic heterocycles. The molecule has 0 radical (unpaired) electrons. The highest BCUT2D eigenvalue weighted by atomic mass is 127. The first kappa shape index (κ1) is 9.46. The van der Waals surface area contributed by atoms with Crippen molar-refractivity contribution in [1.29, 1.82) is 0 Å². The molecule has 0 N–H and O–H groups in total. The molecule has 0 spiro atoms. The van der Waals surface area contributed by atoms with Crippen molar-refractivity contribution in [2.45, 2.75) is 19.8 Å². The Balaban J connectivity index is 2.61. The number of hydrogen-bond acceptors (Lipinski definition) is 1. The standard InChI is InChI=1S/C11H11IS/c1-7(2)8-3-4-10-9(5-8)6-11(12)13-10/h3-7H,1-2H3. The highest BCUT2D eigenvalue weighted by Gasteiger charge is 2.02. The topological polar surface area (TPSA) is 0 Å². The largest absolute Gasteiger partial charge is 0.129 e. The molecular formula is C11H11IS. The monoisotopic (exact) mass is 302 g/mol. The van der Waals surface area contributed by atoms with Gasteiger partial charge in [-0.3, -0.25) is 0 Å². The normalized spacial score (nSPS) is 11.4. The van der Waals surface area contributed by atoms with Gasteiger partial charge in [0.15, 0.2) is 0 Å². The smallest absolute Gasteiger partial charge is 0.0666 e. The van der Waals surface area contributed by atoms with Crippen molar-refractivity contribution in [3.05, 3.63) is 32.7 Å². The van der Waals surface area contributed by atoms with Gasteiger partial charge in [-0.25, -0.2) is 0 Å². The van der Waals surface area contributed by atoms with Crippen LogP contribution in [0.5, 0.6) is 0 Å². The minimum Gasteiger partial charge on any atom is -0.129 e. The maximum absolute atomic E-state index is 2.38. The molecule has 2 rings (SSSR count). The van der Waals surface area contributed by atoms with E-state index in [1.54, 1.807) is 0 Å². The summed E-state index contributed by atoms with van der Waals surface area (Å²) in [5, 5.41) is 1.39. The Kier molecular flexibility index (Phi) is 2.60. The Labute approximate surface area is 96.1 Å². The number of halogens is 1. The first-order valence-electron chi connectivity index (χ1n) is 4.36.